The fourth-order valence-corrected chi connectivity index (χ4v) is 3.04. The van der Waals surface area contributed by atoms with Gasteiger partial charge in [0.25, 0.3) is 0 Å². The van der Waals surface area contributed by atoms with Gasteiger partial charge in [0.1, 0.15) is 11.3 Å². The first kappa shape index (κ1) is 13.8. The quantitative estimate of drug-likeness (QED) is 0.846. The van der Waals surface area contributed by atoms with Crippen molar-refractivity contribution in [2.45, 2.75) is 31.3 Å². The fourth-order valence-electron chi connectivity index (χ4n) is 3.04. The number of carbonyl (C=O) groups excluding carboxylic acids is 1. The third kappa shape index (κ3) is 2.43. The zero-order chi connectivity index (χ0) is 15.0. The predicted octanol–water partition coefficient (Wildman–Crippen LogP) is 2.19. The highest BCUT2D eigenvalue weighted by Gasteiger charge is 2.49. The summed E-state index contributed by atoms with van der Waals surface area (Å²) in [6, 6.07) is 3.03. The topological polar surface area (TPSA) is 79.7 Å². The number of pyridine rings is 1. The molecule has 2 aliphatic rings. The summed E-state index contributed by atoms with van der Waals surface area (Å²) in [5, 5.41) is 9.01. The summed E-state index contributed by atoms with van der Waals surface area (Å²) < 4.78 is 19.1. The van der Waals surface area contributed by atoms with Gasteiger partial charge in [-0.1, -0.05) is 0 Å². The maximum atomic E-state index is 13.7. The minimum absolute atomic E-state index is 0.0970. The van der Waals surface area contributed by atoms with E-state index < -0.39 is 29.5 Å². The molecule has 1 aliphatic carbocycles. The number of aromatic nitrogens is 1. The molecule has 3 rings (SSSR count). The monoisotopic (exact) mass is 294 g/mol. The zero-order valence-corrected chi connectivity index (χ0v) is 11.3. The van der Waals surface area contributed by atoms with Crippen LogP contribution in [0.2, 0.25) is 0 Å². The number of ether oxygens (including phenoxy) is 1. The number of hydrogen-bond acceptors (Lipinski definition) is 4. The smallest absolute Gasteiger partial charge is 0.415 e. The summed E-state index contributed by atoms with van der Waals surface area (Å²) >= 11 is 0. The molecule has 2 heterocycles. The van der Waals surface area contributed by atoms with Gasteiger partial charge in [-0.2, -0.15) is 4.39 Å². The van der Waals surface area contributed by atoms with E-state index in [-0.39, 0.29) is 12.2 Å². The molecule has 1 amide bonds. The molecule has 112 valence electrons. The average Bonchev–Trinajstić information content (AvgIpc) is 2.76. The van der Waals surface area contributed by atoms with E-state index in [1.807, 2.05) is 0 Å². The van der Waals surface area contributed by atoms with Crippen LogP contribution in [0.3, 0.4) is 0 Å². The van der Waals surface area contributed by atoms with Crippen molar-refractivity contribution in [2.75, 3.05) is 11.4 Å². The first-order valence-electron chi connectivity index (χ1n) is 6.85. The third-order valence-electron chi connectivity index (χ3n) is 4.25. The van der Waals surface area contributed by atoms with E-state index in [0.717, 1.165) is 0 Å². The number of amides is 1. The number of nitrogens with zero attached hydrogens (tertiary/aromatic N) is 2. The number of carboxylic acids is 1. The molecule has 0 atom stereocenters. The van der Waals surface area contributed by atoms with Crippen LogP contribution >= 0.6 is 0 Å². The van der Waals surface area contributed by atoms with Crippen LogP contribution in [0.1, 0.15) is 25.7 Å². The maximum absolute atomic E-state index is 13.7. The Morgan fingerprint density at radius 1 is 1.48 bits per heavy atom. The molecule has 1 saturated carbocycles. The first-order valence-corrected chi connectivity index (χ1v) is 6.85. The predicted molar refractivity (Wildman–Crippen MR) is 70.3 cm³/mol. The van der Waals surface area contributed by atoms with E-state index in [4.69, 9.17) is 9.84 Å². The van der Waals surface area contributed by atoms with E-state index in [2.05, 4.69) is 4.98 Å². The standard InChI is InChI=1S/C14H15FN2O4/c15-11-10(2-1-7-16-11)17-8-14(21-13(17)20)5-3-9(4-6-14)12(18)19/h1-2,7,9H,3-6,8H2,(H,18,19)/t9-,14-. The molecular formula is C14H15FN2O4. The van der Waals surface area contributed by atoms with Crippen LogP contribution in [0.4, 0.5) is 14.9 Å². The number of aliphatic carboxylic acids is 1. The largest absolute Gasteiger partial charge is 0.481 e. The van der Waals surface area contributed by atoms with Crippen molar-refractivity contribution in [3.05, 3.63) is 24.3 Å². The van der Waals surface area contributed by atoms with Gasteiger partial charge in [0.2, 0.25) is 5.95 Å². The van der Waals surface area contributed by atoms with Crippen molar-refractivity contribution in [2.24, 2.45) is 5.92 Å². The highest BCUT2D eigenvalue weighted by atomic mass is 19.1. The van der Waals surface area contributed by atoms with Gasteiger partial charge in [0, 0.05) is 6.20 Å². The molecule has 1 aromatic heterocycles. The Labute approximate surface area is 120 Å². The van der Waals surface area contributed by atoms with Gasteiger partial charge in [0.15, 0.2) is 0 Å². The number of anilines is 1. The summed E-state index contributed by atoms with van der Waals surface area (Å²) in [7, 11) is 0. The lowest BCUT2D eigenvalue weighted by Gasteiger charge is -2.33. The fraction of sp³-hybridized carbons (Fsp3) is 0.500. The summed E-state index contributed by atoms with van der Waals surface area (Å²) in [4.78, 5) is 27.8. The van der Waals surface area contributed by atoms with E-state index in [0.29, 0.717) is 25.7 Å². The summed E-state index contributed by atoms with van der Waals surface area (Å²) in [5.41, 5.74) is -0.606. The number of hydrogen-bond donors (Lipinski definition) is 1. The van der Waals surface area contributed by atoms with Crippen molar-refractivity contribution < 1.29 is 23.8 Å². The Balaban J connectivity index is 1.77. The molecule has 21 heavy (non-hydrogen) atoms. The van der Waals surface area contributed by atoms with Crippen molar-refractivity contribution >= 4 is 17.7 Å². The van der Waals surface area contributed by atoms with Gasteiger partial charge in [-0.3, -0.25) is 9.69 Å². The van der Waals surface area contributed by atoms with Crippen LogP contribution in [0.15, 0.2) is 18.3 Å². The summed E-state index contributed by atoms with van der Waals surface area (Å²) in [6.45, 7) is 0.237. The lowest BCUT2D eigenvalue weighted by Crippen LogP contribution is -2.40. The van der Waals surface area contributed by atoms with Crippen LogP contribution < -0.4 is 4.90 Å². The second-order valence-electron chi connectivity index (χ2n) is 5.56. The second-order valence-corrected chi connectivity index (χ2v) is 5.56. The Morgan fingerprint density at radius 3 is 2.81 bits per heavy atom. The molecule has 1 aliphatic heterocycles. The highest BCUT2D eigenvalue weighted by molar-refractivity contribution is 5.90. The number of carbonyl (C=O) groups is 2. The molecular weight excluding hydrogens is 279 g/mol. The molecule has 7 heteroatoms. The minimum atomic E-state index is -0.815. The normalized spacial score (nSPS) is 28.7. The molecule has 1 N–H and O–H groups in total. The van der Waals surface area contributed by atoms with Crippen molar-refractivity contribution in [1.82, 2.24) is 4.98 Å². The van der Waals surface area contributed by atoms with E-state index in [1.165, 1.54) is 17.2 Å². The van der Waals surface area contributed by atoms with E-state index in [1.54, 1.807) is 6.07 Å². The van der Waals surface area contributed by atoms with E-state index >= 15 is 0 Å². The lowest BCUT2D eigenvalue weighted by atomic mass is 9.79. The van der Waals surface area contributed by atoms with Gasteiger partial charge in [-0.25, -0.2) is 9.78 Å². The van der Waals surface area contributed by atoms with Gasteiger partial charge in [-0.05, 0) is 37.8 Å². The highest BCUT2D eigenvalue weighted by Crippen LogP contribution is 2.41. The van der Waals surface area contributed by atoms with Gasteiger partial charge in [0.05, 0.1) is 12.5 Å². The second kappa shape index (κ2) is 4.98. The molecule has 1 aromatic rings. The Morgan fingerprint density at radius 2 is 2.19 bits per heavy atom. The van der Waals surface area contributed by atoms with Crippen LogP contribution in [-0.2, 0) is 9.53 Å². The van der Waals surface area contributed by atoms with Crippen LogP contribution in [0.5, 0.6) is 0 Å². The number of rotatable bonds is 2. The van der Waals surface area contributed by atoms with Crippen LogP contribution in [0.25, 0.3) is 0 Å². The molecule has 0 radical (unpaired) electrons. The van der Waals surface area contributed by atoms with Gasteiger partial charge >= 0.3 is 12.1 Å². The molecule has 0 aromatic carbocycles. The Hall–Kier alpha value is -2.18. The minimum Gasteiger partial charge on any atom is -0.481 e. The molecule has 6 nitrogen and oxygen atoms in total. The molecule has 1 saturated heterocycles. The molecule has 0 bridgehead atoms. The zero-order valence-electron chi connectivity index (χ0n) is 11.3. The summed E-state index contributed by atoms with van der Waals surface area (Å²) in [5.74, 6) is -1.92. The number of carboxylic acid groups (broad SMARTS) is 1. The first-order chi connectivity index (χ1) is 10.0. The lowest BCUT2D eigenvalue weighted by molar-refractivity contribution is -0.144. The molecule has 2 fully saturated rings. The van der Waals surface area contributed by atoms with Crippen molar-refractivity contribution in [3.8, 4) is 0 Å². The van der Waals surface area contributed by atoms with Gasteiger partial charge in [-0.15, -0.1) is 0 Å². The molecule has 1 spiro atoms. The van der Waals surface area contributed by atoms with Crippen LogP contribution in [0, 0.1) is 11.9 Å². The van der Waals surface area contributed by atoms with Crippen molar-refractivity contribution in [3.63, 3.8) is 0 Å². The third-order valence-corrected chi connectivity index (χ3v) is 4.25. The molecule has 0 unspecified atom stereocenters. The van der Waals surface area contributed by atoms with Gasteiger partial charge < -0.3 is 9.84 Å². The average molecular weight is 294 g/mol. The van der Waals surface area contributed by atoms with E-state index in [9.17, 15) is 14.0 Å². The Kier molecular flexibility index (Phi) is 3.27. The Bertz CT molecular complexity index is 584. The SMILES string of the molecule is O=C1O[C@]2(CC[C@H](C(=O)O)CC2)CN1c1cccnc1F. The number of halogens is 1. The van der Waals surface area contributed by atoms with Crippen LogP contribution in [-0.4, -0.2) is 34.3 Å². The maximum Gasteiger partial charge on any atom is 0.415 e. The summed E-state index contributed by atoms with van der Waals surface area (Å²) in [6.07, 6.45) is 2.60. The van der Waals surface area contributed by atoms with Crippen molar-refractivity contribution in [1.29, 1.82) is 0 Å².